The molecule has 2 aromatic rings. The Bertz CT molecular complexity index is 866. The van der Waals surface area contributed by atoms with E-state index < -0.39 is 5.97 Å². The van der Waals surface area contributed by atoms with Crippen molar-refractivity contribution in [1.29, 1.82) is 0 Å². The molecule has 3 rings (SSSR count). The molecular weight excluding hydrogens is 394 g/mol. The number of hydrogen-bond acceptors (Lipinski definition) is 6. The van der Waals surface area contributed by atoms with Gasteiger partial charge < -0.3 is 18.9 Å². The van der Waals surface area contributed by atoms with Crippen molar-refractivity contribution in [2.45, 2.75) is 58.3 Å². The van der Waals surface area contributed by atoms with E-state index in [4.69, 9.17) is 19.2 Å². The molecule has 0 saturated heterocycles. The maximum atomic E-state index is 11.3. The Labute approximate surface area is 184 Å². The number of ether oxygens (including phenoxy) is 4. The number of benzene rings is 1. The van der Waals surface area contributed by atoms with Crippen LogP contribution in [0.4, 0.5) is 0 Å². The minimum atomic E-state index is -0.394. The molecule has 1 aromatic heterocycles. The van der Waals surface area contributed by atoms with E-state index in [0.717, 1.165) is 47.5 Å². The van der Waals surface area contributed by atoms with Crippen LogP contribution in [0.25, 0.3) is 0 Å². The van der Waals surface area contributed by atoms with Crippen LogP contribution < -0.4 is 9.47 Å². The summed E-state index contributed by atoms with van der Waals surface area (Å²) in [6.07, 6.45) is 6.83. The summed E-state index contributed by atoms with van der Waals surface area (Å²) in [5.41, 5.74) is 5.53. The third-order valence-corrected chi connectivity index (χ3v) is 5.88. The Morgan fingerprint density at radius 1 is 1.03 bits per heavy atom. The van der Waals surface area contributed by atoms with Gasteiger partial charge >= 0.3 is 5.97 Å². The zero-order valence-corrected chi connectivity index (χ0v) is 19.0. The number of carbonyl (C=O) groups is 1. The molecule has 0 amide bonds. The van der Waals surface area contributed by atoms with Crippen molar-refractivity contribution in [3.05, 3.63) is 52.3 Å². The van der Waals surface area contributed by atoms with Crippen LogP contribution in [-0.2, 0) is 20.7 Å². The molecule has 0 radical (unpaired) electrons. The van der Waals surface area contributed by atoms with Crippen LogP contribution in [0.3, 0.4) is 0 Å². The Kier molecular flexibility index (Phi) is 8.29. The summed E-state index contributed by atoms with van der Waals surface area (Å²) in [7, 11) is 2.98. The standard InChI is InChI=1S/C25H33NO5/c1-17-12-21(30-15-24(27)29-4)13-18(2)22(17)14-20-10-11-23(31-16-28-3)25(26-20)19-8-6-5-7-9-19/h10-13,19H,5-9,14-16H2,1-4H3. The fourth-order valence-corrected chi connectivity index (χ4v) is 4.21. The third-order valence-electron chi connectivity index (χ3n) is 5.88. The van der Waals surface area contributed by atoms with E-state index in [1.165, 1.54) is 31.9 Å². The Hall–Kier alpha value is -2.60. The lowest BCUT2D eigenvalue weighted by Crippen LogP contribution is -2.13. The van der Waals surface area contributed by atoms with Crippen molar-refractivity contribution in [3.63, 3.8) is 0 Å². The SMILES string of the molecule is COCOc1ccc(Cc2c(C)cc(OCC(=O)OC)cc2C)nc1C1CCCCC1. The first-order valence-corrected chi connectivity index (χ1v) is 10.9. The van der Waals surface area contributed by atoms with Gasteiger partial charge in [-0.2, -0.15) is 0 Å². The second kappa shape index (κ2) is 11.1. The van der Waals surface area contributed by atoms with E-state index in [1.807, 2.05) is 24.3 Å². The molecule has 31 heavy (non-hydrogen) atoms. The number of esters is 1. The predicted molar refractivity (Wildman–Crippen MR) is 119 cm³/mol. The van der Waals surface area contributed by atoms with Crippen LogP contribution in [0, 0.1) is 13.8 Å². The van der Waals surface area contributed by atoms with Gasteiger partial charge in [-0.1, -0.05) is 19.3 Å². The number of pyridine rings is 1. The van der Waals surface area contributed by atoms with Crippen LogP contribution in [0.15, 0.2) is 24.3 Å². The van der Waals surface area contributed by atoms with Gasteiger partial charge in [0.1, 0.15) is 11.5 Å². The molecule has 1 aliphatic rings. The maximum Gasteiger partial charge on any atom is 0.343 e. The average molecular weight is 428 g/mol. The first-order valence-electron chi connectivity index (χ1n) is 10.9. The number of hydrogen-bond donors (Lipinski definition) is 0. The van der Waals surface area contributed by atoms with E-state index in [9.17, 15) is 4.79 Å². The van der Waals surface area contributed by atoms with Gasteiger partial charge in [-0.25, -0.2) is 4.79 Å². The molecule has 6 nitrogen and oxygen atoms in total. The summed E-state index contributed by atoms with van der Waals surface area (Å²) in [4.78, 5) is 16.4. The Balaban J connectivity index is 1.82. The fraction of sp³-hybridized carbons (Fsp3) is 0.520. The van der Waals surface area contributed by atoms with Gasteiger partial charge in [0.05, 0.1) is 12.8 Å². The van der Waals surface area contributed by atoms with Crippen molar-refractivity contribution >= 4 is 5.97 Å². The van der Waals surface area contributed by atoms with Crippen LogP contribution in [-0.4, -0.2) is 38.6 Å². The van der Waals surface area contributed by atoms with Crippen molar-refractivity contribution in [3.8, 4) is 11.5 Å². The molecule has 1 fully saturated rings. The van der Waals surface area contributed by atoms with Gasteiger partial charge in [0, 0.05) is 25.1 Å². The number of methoxy groups -OCH3 is 2. The summed E-state index contributed by atoms with van der Waals surface area (Å²) >= 11 is 0. The lowest BCUT2D eigenvalue weighted by molar-refractivity contribution is -0.142. The molecule has 0 unspecified atom stereocenters. The van der Waals surface area contributed by atoms with Crippen molar-refractivity contribution in [2.24, 2.45) is 0 Å². The molecule has 0 spiro atoms. The van der Waals surface area contributed by atoms with Gasteiger partial charge in [0.2, 0.25) is 0 Å². The van der Waals surface area contributed by atoms with Crippen molar-refractivity contribution < 1.29 is 23.7 Å². The lowest BCUT2D eigenvalue weighted by atomic mass is 9.86. The highest BCUT2D eigenvalue weighted by Crippen LogP contribution is 2.37. The molecule has 1 heterocycles. The topological polar surface area (TPSA) is 66.9 Å². The van der Waals surface area contributed by atoms with Crippen molar-refractivity contribution in [1.82, 2.24) is 4.98 Å². The Morgan fingerprint density at radius 2 is 1.74 bits per heavy atom. The van der Waals surface area contributed by atoms with E-state index in [1.54, 1.807) is 7.11 Å². The molecule has 168 valence electrons. The zero-order chi connectivity index (χ0) is 22.2. The van der Waals surface area contributed by atoms with Gasteiger partial charge in [-0.3, -0.25) is 4.98 Å². The number of carbonyl (C=O) groups excluding carboxylic acids is 1. The monoisotopic (exact) mass is 427 g/mol. The highest BCUT2D eigenvalue weighted by molar-refractivity contribution is 5.70. The van der Waals surface area contributed by atoms with Gasteiger partial charge in [0.15, 0.2) is 13.4 Å². The number of nitrogens with zero attached hydrogens (tertiary/aromatic N) is 1. The summed E-state index contributed by atoms with van der Waals surface area (Å²) < 4.78 is 21.1. The maximum absolute atomic E-state index is 11.3. The molecule has 0 aliphatic heterocycles. The second-order valence-electron chi connectivity index (χ2n) is 8.15. The molecule has 0 atom stereocenters. The lowest BCUT2D eigenvalue weighted by Gasteiger charge is -2.24. The molecule has 1 saturated carbocycles. The smallest absolute Gasteiger partial charge is 0.343 e. The van der Waals surface area contributed by atoms with Crippen LogP contribution >= 0.6 is 0 Å². The quantitative estimate of drug-likeness (QED) is 0.420. The molecular formula is C25H33NO5. The largest absolute Gasteiger partial charge is 0.482 e. The molecule has 6 heteroatoms. The minimum absolute atomic E-state index is 0.0933. The second-order valence-corrected chi connectivity index (χ2v) is 8.15. The van der Waals surface area contributed by atoms with E-state index in [2.05, 4.69) is 18.6 Å². The zero-order valence-electron chi connectivity index (χ0n) is 19.0. The average Bonchev–Trinajstić information content (AvgIpc) is 2.79. The molecule has 0 bridgehead atoms. The summed E-state index contributed by atoms with van der Waals surface area (Å²) in [5.74, 6) is 1.55. The molecule has 1 aromatic carbocycles. The predicted octanol–water partition coefficient (Wildman–Crippen LogP) is 4.87. The third kappa shape index (κ3) is 6.20. The van der Waals surface area contributed by atoms with E-state index in [-0.39, 0.29) is 13.4 Å². The number of aromatic nitrogens is 1. The van der Waals surface area contributed by atoms with E-state index in [0.29, 0.717) is 11.7 Å². The number of rotatable bonds is 9. The molecule has 0 N–H and O–H groups in total. The van der Waals surface area contributed by atoms with Crippen LogP contribution in [0.1, 0.15) is 66.1 Å². The van der Waals surface area contributed by atoms with Gasteiger partial charge in [-0.05, 0) is 67.6 Å². The Morgan fingerprint density at radius 3 is 2.39 bits per heavy atom. The minimum Gasteiger partial charge on any atom is -0.482 e. The van der Waals surface area contributed by atoms with E-state index >= 15 is 0 Å². The van der Waals surface area contributed by atoms with Crippen molar-refractivity contribution in [2.75, 3.05) is 27.6 Å². The van der Waals surface area contributed by atoms with Gasteiger partial charge in [0.25, 0.3) is 0 Å². The number of aryl methyl sites for hydroxylation is 2. The molecule has 1 aliphatic carbocycles. The first kappa shape index (κ1) is 23.1. The summed E-state index contributed by atoms with van der Waals surface area (Å²) in [5, 5.41) is 0. The normalized spacial score (nSPS) is 14.3. The fourth-order valence-electron chi connectivity index (χ4n) is 4.21. The van der Waals surface area contributed by atoms with Crippen LogP contribution in [0.5, 0.6) is 11.5 Å². The summed E-state index contributed by atoms with van der Waals surface area (Å²) in [6.45, 7) is 4.26. The van der Waals surface area contributed by atoms with Gasteiger partial charge in [-0.15, -0.1) is 0 Å². The van der Waals surface area contributed by atoms with Crippen LogP contribution in [0.2, 0.25) is 0 Å². The highest BCUT2D eigenvalue weighted by atomic mass is 16.7. The highest BCUT2D eigenvalue weighted by Gasteiger charge is 2.22. The first-order chi connectivity index (χ1) is 15.0. The summed E-state index contributed by atoms with van der Waals surface area (Å²) in [6, 6.07) is 7.99.